The molecule has 6 heterocycles. The van der Waals surface area contributed by atoms with E-state index >= 15 is 0 Å². The Balaban J connectivity index is 0.000000595. The van der Waals surface area contributed by atoms with Gasteiger partial charge in [0.15, 0.2) is 0 Å². The third kappa shape index (κ3) is 4.53. The molecule has 0 saturated heterocycles. The number of cyclic esters (lactones) is 1. The number of fused-ring (bicyclic) bond motifs is 8. The van der Waals surface area contributed by atoms with Crippen LogP contribution in [0.1, 0.15) is 83.7 Å². The average molecular weight is 539 g/mol. The van der Waals surface area contributed by atoms with Gasteiger partial charge in [0.25, 0.3) is 0 Å². The topological polar surface area (TPSA) is 121 Å². The number of H-pyrrole nitrogens is 2. The van der Waals surface area contributed by atoms with Crippen molar-refractivity contribution in [3.63, 3.8) is 0 Å². The number of nitrogens with one attached hydrogen (secondary N) is 2. The van der Waals surface area contributed by atoms with Crippen molar-refractivity contribution in [2.45, 2.75) is 66.9 Å². The summed E-state index contributed by atoms with van der Waals surface area (Å²) < 4.78 is 5.59. The number of aromatic amines is 2. The number of rotatable bonds is 2. The van der Waals surface area contributed by atoms with Gasteiger partial charge < -0.3 is 19.8 Å². The molecule has 3 aromatic heterocycles. The zero-order valence-electron chi connectivity index (χ0n) is 23.8. The normalized spacial score (nSPS) is 15.8. The van der Waals surface area contributed by atoms with Gasteiger partial charge in [-0.2, -0.15) is 0 Å². The van der Waals surface area contributed by atoms with Gasteiger partial charge in [-0.05, 0) is 74.6 Å². The van der Waals surface area contributed by atoms with Gasteiger partial charge in [0, 0.05) is 51.2 Å². The van der Waals surface area contributed by atoms with E-state index in [1.807, 2.05) is 19.1 Å². The molecule has 1 unspecified atom stereocenters. The van der Waals surface area contributed by atoms with Crippen LogP contribution >= 0.6 is 0 Å². The highest BCUT2D eigenvalue weighted by molar-refractivity contribution is 6.26. The van der Waals surface area contributed by atoms with Crippen LogP contribution in [0.5, 0.6) is 0 Å². The standard InChI is InChI=1S/C29H28N4O2.C3H6O2/c1-7-18-16(5)23-9-20-13(2)8-25(30-20)19-12-35-29(34)27-17(6)24(33-28(19)27)10-21-14(3)15(4)22(31-21)11-26(18)32-23;1-2-3(4)5/h7,9-11,13,31-32H,1,8,12H2,2-6H3;2H2,1H3,(H,4,5). The molecule has 0 fully saturated rings. The van der Waals surface area contributed by atoms with Gasteiger partial charge in [0.2, 0.25) is 0 Å². The number of carbonyl (C=O) groups excluding carboxylic acids is 1. The molecule has 40 heavy (non-hydrogen) atoms. The molecule has 3 aliphatic heterocycles. The second-order valence-electron chi connectivity index (χ2n) is 10.6. The van der Waals surface area contributed by atoms with Crippen molar-refractivity contribution in [2.24, 2.45) is 0 Å². The lowest BCUT2D eigenvalue weighted by Gasteiger charge is -2.16. The Morgan fingerprint density at radius 2 is 1.68 bits per heavy atom. The van der Waals surface area contributed by atoms with Crippen molar-refractivity contribution < 1.29 is 19.4 Å². The summed E-state index contributed by atoms with van der Waals surface area (Å²) in [5, 5.41) is 7.72. The second-order valence-corrected chi connectivity index (χ2v) is 10.6. The Morgan fingerprint density at radius 3 is 2.33 bits per heavy atom. The first-order valence-electron chi connectivity index (χ1n) is 13.5. The minimum Gasteiger partial charge on any atom is -0.481 e. The minimum absolute atomic E-state index is 0.201. The van der Waals surface area contributed by atoms with Gasteiger partial charge in [-0.3, -0.25) is 9.78 Å². The third-order valence-electron chi connectivity index (χ3n) is 8.06. The molecule has 0 amide bonds. The van der Waals surface area contributed by atoms with E-state index in [9.17, 15) is 9.59 Å². The molecule has 8 nitrogen and oxygen atoms in total. The van der Waals surface area contributed by atoms with E-state index in [2.05, 4.69) is 56.4 Å². The number of carboxylic acids is 1. The number of aryl methyl sites for hydroxylation is 3. The Morgan fingerprint density at radius 1 is 1.05 bits per heavy atom. The molecule has 8 heteroatoms. The maximum Gasteiger partial charge on any atom is 0.341 e. The van der Waals surface area contributed by atoms with Crippen molar-refractivity contribution in [3.8, 4) is 0 Å². The molecule has 6 rings (SSSR count). The lowest BCUT2D eigenvalue weighted by molar-refractivity contribution is -0.138. The van der Waals surface area contributed by atoms with E-state index in [0.29, 0.717) is 11.3 Å². The summed E-state index contributed by atoms with van der Waals surface area (Å²) in [5.41, 5.74) is 14.3. The Hall–Kier alpha value is -4.46. The molecule has 8 bridgehead atoms. The number of aromatic nitrogens is 4. The van der Waals surface area contributed by atoms with E-state index in [0.717, 1.165) is 73.4 Å². The molecular weight excluding hydrogens is 504 g/mol. The summed E-state index contributed by atoms with van der Waals surface area (Å²) in [7, 11) is 0. The van der Waals surface area contributed by atoms with Gasteiger partial charge in [0.05, 0.1) is 22.7 Å². The summed E-state index contributed by atoms with van der Waals surface area (Å²) in [5.74, 6) is -0.813. The molecular formula is C32H34N4O4. The van der Waals surface area contributed by atoms with E-state index in [4.69, 9.17) is 19.8 Å². The first-order chi connectivity index (χ1) is 19.0. The second kappa shape index (κ2) is 10.3. The number of ether oxygens (including phenoxy) is 1. The lowest BCUT2D eigenvalue weighted by atomic mass is 9.97. The Bertz CT molecular complexity index is 1790. The summed E-state index contributed by atoms with van der Waals surface area (Å²) in [6.45, 7) is 16.3. The molecule has 0 spiro atoms. The van der Waals surface area contributed by atoms with Crippen LogP contribution in [0.3, 0.4) is 0 Å². The fraction of sp³-hybridized carbons (Fsp3) is 0.312. The van der Waals surface area contributed by atoms with Gasteiger partial charge in [-0.1, -0.05) is 26.5 Å². The first kappa shape index (κ1) is 27.1. The van der Waals surface area contributed by atoms with Crippen LogP contribution in [0.4, 0.5) is 0 Å². The van der Waals surface area contributed by atoms with Crippen molar-refractivity contribution in [1.82, 2.24) is 19.9 Å². The highest BCUT2D eigenvalue weighted by Crippen LogP contribution is 2.38. The maximum atomic E-state index is 12.7. The zero-order valence-corrected chi connectivity index (χ0v) is 23.8. The number of hydrogen-bond acceptors (Lipinski definition) is 5. The Labute approximate surface area is 232 Å². The van der Waals surface area contributed by atoms with Crippen molar-refractivity contribution in [2.75, 3.05) is 0 Å². The molecule has 206 valence electrons. The summed E-state index contributed by atoms with van der Waals surface area (Å²) in [4.78, 5) is 39.3. The van der Waals surface area contributed by atoms with E-state index in [1.165, 1.54) is 5.56 Å². The highest BCUT2D eigenvalue weighted by atomic mass is 16.5. The molecule has 1 atom stereocenters. The number of carboxylic acid groups (broad SMARTS) is 1. The van der Waals surface area contributed by atoms with Crippen LogP contribution in [0.25, 0.3) is 39.3 Å². The number of nitrogens with zero attached hydrogens (tertiary/aromatic N) is 2. The fourth-order valence-corrected chi connectivity index (χ4v) is 5.37. The van der Waals surface area contributed by atoms with E-state index < -0.39 is 5.97 Å². The van der Waals surface area contributed by atoms with Crippen molar-refractivity contribution in [3.05, 3.63) is 75.4 Å². The fourth-order valence-electron chi connectivity index (χ4n) is 5.37. The van der Waals surface area contributed by atoms with Gasteiger partial charge in [-0.25, -0.2) is 9.78 Å². The Kier molecular flexibility index (Phi) is 6.96. The van der Waals surface area contributed by atoms with E-state index in [-0.39, 0.29) is 24.9 Å². The molecule has 0 saturated carbocycles. The molecule has 0 aliphatic carbocycles. The highest BCUT2D eigenvalue weighted by Gasteiger charge is 2.33. The third-order valence-corrected chi connectivity index (χ3v) is 8.06. The van der Waals surface area contributed by atoms with E-state index in [1.54, 1.807) is 6.92 Å². The number of esters is 1. The van der Waals surface area contributed by atoms with Crippen molar-refractivity contribution >= 4 is 51.2 Å². The number of carbonyl (C=O) groups is 2. The van der Waals surface area contributed by atoms with Gasteiger partial charge in [0.1, 0.15) is 6.61 Å². The van der Waals surface area contributed by atoms with Crippen molar-refractivity contribution in [1.29, 1.82) is 0 Å². The van der Waals surface area contributed by atoms with Crippen LogP contribution < -0.4 is 0 Å². The van der Waals surface area contributed by atoms with Gasteiger partial charge >= 0.3 is 11.9 Å². The first-order valence-corrected chi connectivity index (χ1v) is 13.5. The molecule has 0 aromatic carbocycles. The molecule has 3 aliphatic rings. The number of aliphatic carboxylic acids is 1. The SMILES string of the molecule is C=Cc1c(C)c2cc3nc(c4c5nc(cc6[nH]c(cc1[nH]2)c(C)c6C)C(C)=C5C(=O)OC4)CC3C.CCC(=O)O. The zero-order chi connectivity index (χ0) is 28.9. The summed E-state index contributed by atoms with van der Waals surface area (Å²) in [6.07, 6.45) is 2.92. The maximum absolute atomic E-state index is 12.7. The average Bonchev–Trinajstić information content (AvgIpc) is 3.61. The predicted octanol–water partition coefficient (Wildman–Crippen LogP) is 6.70. The number of allylic oxidation sites excluding steroid dienone is 1. The largest absolute Gasteiger partial charge is 0.481 e. The molecule has 3 N–H and O–H groups in total. The molecule has 0 radical (unpaired) electrons. The summed E-state index contributed by atoms with van der Waals surface area (Å²) >= 11 is 0. The van der Waals surface area contributed by atoms with Crippen LogP contribution in [-0.2, 0) is 27.4 Å². The van der Waals surface area contributed by atoms with Gasteiger partial charge in [-0.15, -0.1) is 0 Å². The molecule has 3 aromatic rings. The van der Waals surface area contributed by atoms with Crippen LogP contribution in [0, 0.1) is 20.8 Å². The quantitative estimate of drug-likeness (QED) is 0.312. The lowest BCUT2D eigenvalue weighted by Crippen LogP contribution is -2.16. The predicted molar refractivity (Wildman–Crippen MR) is 158 cm³/mol. The van der Waals surface area contributed by atoms with Crippen LogP contribution in [-0.4, -0.2) is 37.0 Å². The van der Waals surface area contributed by atoms with Crippen LogP contribution in [0.15, 0.2) is 24.8 Å². The number of hydrogen-bond donors (Lipinski definition) is 3. The monoisotopic (exact) mass is 538 g/mol. The minimum atomic E-state index is -0.745. The summed E-state index contributed by atoms with van der Waals surface area (Å²) in [6, 6.07) is 6.32. The van der Waals surface area contributed by atoms with Crippen LogP contribution in [0.2, 0.25) is 0 Å². The smallest absolute Gasteiger partial charge is 0.341 e.